The molecule has 0 spiro atoms. The Morgan fingerprint density at radius 1 is 1.26 bits per heavy atom. The summed E-state index contributed by atoms with van der Waals surface area (Å²) in [5.41, 5.74) is 3.73. The van der Waals surface area contributed by atoms with Crippen molar-refractivity contribution in [2.75, 3.05) is 19.8 Å². The number of nitrogens with one attached hydrogen (secondary N) is 1. The lowest BCUT2D eigenvalue weighted by Gasteiger charge is -2.36. The smallest absolute Gasteiger partial charge is 0.125 e. The maximum absolute atomic E-state index is 6.04. The van der Waals surface area contributed by atoms with Crippen molar-refractivity contribution in [3.8, 4) is 5.75 Å². The molecule has 1 heterocycles. The van der Waals surface area contributed by atoms with E-state index in [1.54, 1.807) is 0 Å². The van der Waals surface area contributed by atoms with Crippen molar-refractivity contribution in [2.45, 2.75) is 46.2 Å². The normalized spacial score (nSPS) is 22.3. The Bertz CT molecular complexity index is 454. The largest absolute Gasteiger partial charge is 0.491 e. The summed E-state index contributed by atoms with van der Waals surface area (Å²) < 4.78 is 11.7. The van der Waals surface area contributed by atoms with E-state index in [-0.39, 0.29) is 11.6 Å². The second kappa shape index (κ2) is 5.51. The number of morpholine rings is 1. The molecule has 2 rings (SSSR count). The van der Waals surface area contributed by atoms with E-state index in [2.05, 4.69) is 52.1 Å². The molecule has 1 unspecified atom stereocenters. The van der Waals surface area contributed by atoms with E-state index < -0.39 is 0 Å². The number of ether oxygens (including phenoxy) is 2. The number of aryl methyl sites for hydroxylation is 2. The molecule has 1 fully saturated rings. The van der Waals surface area contributed by atoms with Gasteiger partial charge in [-0.15, -0.1) is 0 Å². The summed E-state index contributed by atoms with van der Waals surface area (Å²) in [4.78, 5) is 0. The first-order valence-electron chi connectivity index (χ1n) is 6.94. The highest BCUT2D eigenvalue weighted by molar-refractivity contribution is 5.44. The molecule has 106 valence electrons. The van der Waals surface area contributed by atoms with E-state index in [0.717, 1.165) is 12.4 Å². The topological polar surface area (TPSA) is 30.5 Å². The van der Waals surface area contributed by atoms with E-state index in [0.29, 0.717) is 13.2 Å². The molecule has 3 heteroatoms. The first-order chi connectivity index (χ1) is 8.89. The minimum atomic E-state index is 0.0307. The molecule has 1 aromatic rings. The van der Waals surface area contributed by atoms with Gasteiger partial charge >= 0.3 is 0 Å². The van der Waals surface area contributed by atoms with E-state index >= 15 is 0 Å². The average Bonchev–Trinajstić information content (AvgIpc) is 2.33. The van der Waals surface area contributed by atoms with Gasteiger partial charge in [-0.25, -0.2) is 0 Å². The molecule has 0 amide bonds. The highest BCUT2D eigenvalue weighted by Crippen LogP contribution is 2.26. The van der Waals surface area contributed by atoms with Crippen molar-refractivity contribution in [3.05, 3.63) is 28.8 Å². The van der Waals surface area contributed by atoms with Crippen LogP contribution in [0.4, 0.5) is 0 Å². The Labute approximate surface area is 116 Å². The zero-order valence-electron chi connectivity index (χ0n) is 12.7. The maximum atomic E-state index is 6.04. The number of hydrogen-bond donors (Lipinski definition) is 1. The zero-order chi connectivity index (χ0) is 14.0. The van der Waals surface area contributed by atoms with Gasteiger partial charge in [-0.05, 0) is 51.3 Å². The standard InChI is InChI=1S/C16H25NO2/c1-11-6-7-12(2)15(13(11)3)19-9-14-8-18-10-16(4,5)17-14/h6-7,14,17H,8-10H2,1-5H3. The molecule has 0 saturated carbocycles. The van der Waals surface area contributed by atoms with Gasteiger partial charge in [0.2, 0.25) is 0 Å². The molecule has 1 aliphatic rings. The summed E-state index contributed by atoms with van der Waals surface area (Å²) in [5.74, 6) is 1.02. The van der Waals surface area contributed by atoms with Crippen molar-refractivity contribution >= 4 is 0 Å². The lowest BCUT2D eigenvalue weighted by molar-refractivity contribution is 0.000815. The fourth-order valence-electron chi connectivity index (χ4n) is 2.51. The molecular weight excluding hydrogens is 238 g/mol. The van der Waals surface area contributed by atoms with Gasteiger partial charge in [0.15, 0.2) is 0 Å². The quantitative estimate of drug-likeness (QED) is 0.909. The summed E-state index contributed by atoms with van der Waals surface area (Å²) in [6.45, 7) is 12.8. The lowest BCUT2D eigenvalue weighted by atomic mass is 10.0. The molecule has 0 aliphatic carbocycles. The van der Waals surface area contributed by atoms with Gasteiger partial charge in [0, 0.05) is 5.54 Å². The van der Waals surface area contributed by atoms with E-state index in [9.17, 15) is 0 Å². The summed E-state index contributed by atoms with van der Waals surface area (Å²) in [6.07, 6.45) is 0. The lowest BCUT2D eigenvalue weighted by Crippen LogP contribution is -2.57. The van der Waals surface area contributed by atoms with E-state index in [4.69, 9.17) is 9.47 Å². The van der Waals surface area contributed by atoms with E-state index in [1.165, 1.54) is 16.7 Å². The van der Waals surface area contributed by atoms with Crippen LogP contribution in [0.15, 0.2) is 12.1 Å². The third kappa shape index (κ3) is 3.48. The fraction of sp³-hybridized carbons (Fsp3) is 0.625. The second-order valence-electron chi connectivity index (χ2n) is 6.20. The third-order valence-electron chi connectivity index (χ3n) is 3.68. The molecule has 0 aromatic heterocycles. The molecule has 1 aromatic carbocycles. The summed E-state index contributed by atoms with van der Waals surface area (Å²) in [7, 11) is 0. The van der Waals surface area contributed by atoms with Crippen LogP contribution in [0.25, 0.3) is 0 Å². The van der Waals surface area contributed by atoms with Crippen LogP contribution in [0.2, 0.25) is 0 Å². The van der Waals surface area contributed by atoms with Gasteiger partial charge < -0.3 is 14.8 Å². The Kier molecular flexibility index (Phi) is 4.16. The number of benzene rings is 1. The zero-order valence-corrected chi connectivity index (χ0v) is 12.7. The summed E-state index contributed by atoms with van der Waals surface area (Å²) in [6, 6.07) is 4.51. The minimum absolute atomic E-state index is 0.0307. The first-order valence-corrected chi connectivity index (χ1v) is 6.94. The molecule has 1 aliphatic heterocycles. The minimum Gasteiger partial charge on any atom is -0.491 e. The molecule has 1 atom stereocenters. The molecule has 1 saturated heterocycles. The van der Waals surface area contributed by atoms with Crippen molar-refractivity contribution in [1.82, 2.24) is 5.32 Å². The monoisotopic (exact) mass is 263 g/mol. The summed E-state index contributed by atoms with van der Waals surface area (Å²) in [5, 5.41) is 3.57. The van der Waals surface area contributed by atoms with Gasteiger partial charge in [-0.2, -0.15) is 0 Å². The van der Waals surface area contributed by atoms with Gasteiger partial charge in [0.05, 0.1) is 19.3 Å². The van der Waals surface area contributed by atoms with Gasteiger partial charge in [0.25, 0.3) is 0 Å². The van der Waals surface area contributed by atoms with Crippen LogP contribution in [0.1, 0.15) is 30.5 Å². The van der Waals surface area contributed by atoms with Crippen molar-refractivity contribution in [2.24, 2.45) is 0 Å². The number of rotatable bonds is 3. The maximum Gasteiger partial charge on any atom is 0.125 e. The first kappa shape index (κ1) is 14.4. The predicted molar refractivity (Wildman–Crippen MR) is 78.0 cm³/mol. The third-order valence-corrected chi connectivity index (χ3v) is 3.68. The molecule has 19 heavy (non-hydrogen) atoms. The summed E-state index contributed by atoms with van der Waals surface area (Å²) >= 11 is 0. The Morgan fingerprint density at radius 2 is 1.95 bits per heavy atom. The van der Waals surface area contributed by atoms with Crippen molar-refractivity contribution in [3.63, 3.8) is 0 Å². The van der Waals surface area contributed by atoms with Crippen LogP contribution >= 0.6 is 0 Å². The van der Waals surface area contributed by atoms with Crippen LogP contribution in [0, 0.1) is 20.8 Å². The second-order valence-corrected chi connectivity index (χ2v) is 6.20. The van der Waals surface area contributed by atoms with Crippen LogP contribution < -0.4 is 10.1 Å². The number of hydrogen-bond acceptors (Lipinski definition) is 3. The predicted octanol–water partition coefficient (Wildman–Crippen LogP) is 2.76. The van der Waals surface area contributed by atoms with Gasteiger partial charge in [-0.1, -0.05) is 12.1 Å². The SMILES string of the molecule is Cc1ccc(C)c(OCC2COCC(C)(C)N2)c1C. The van der Waals surface area contributed by atoms with Crippen LogP contribution in [0.3, 0.4) is 0 Å². The van der Waals surface area contributed by atoms with Crippen LogP contribution in [-0.2, 0) is 4.74 Å². The van der Waals surface area contributed by atoms with Crippen LogP contribution in [0.5, 0.6) is 5.75 Å². The highest BCUT2D eigenvalue weighted by Gasteiger charge is 2.28. The van der Waals surface area contributed by atoms with Crippen molar-refractivity contribution < 1.29 is 9.47 Å². The Morgan fingerprint density at radius 3 is 2.63 bits per heavy atom. The van der Waals surface area contributed by atoms with Crippen LogP contribution in [-0.4, -0.2) is 31.4 Å². The molecular formula is C16H25NO2. The fourth-order valence-corrected chi connectivity index (χ4v) is 2.51. The molecule has 3 nitrogen and oxygen atoms in total. The van der Waals surface area contributed by atoms with Gasteiger partial charge in [-0.3, -0.25) is 0 Å². The van der Waals surface area contributed by atoms with Crippen molar-refractivity contribution in [1.29, 1.82) is 0 Å². The Hall–Kier alpha value is -1.06. The van der Waals surface area contributed by atoms with Gasteiger partial charge in [0.1, 0.15) is 12.4 Å². The average molecular weight is 263 g/mol. The van der Waals surface area contributed by atoms with E-state index in [1.807, 2.05) is 0 Å². The molecule has 0 radical (unpaired) electrons. The molecule has 0 bridgehead atoms. The highest BCUT2D eigenvalue weighted by atomic mass is 16.5. The Balaban J connectivity index is 2.01. The molecule has 1 N–H and O–H groups in total.